The van der Waals surface area contributed by atoms with Crippen LogP contribution >= 0.6 is 7.60 Å². The van der Waals surface area contributed by atoms with Crippen LogP contribution in [0.4, 0.5) is 5.69 Å². The Balaban J connectivity index is 1.89. The molecule has 1 N–H and O–H groups in total. The Labute approximate surface area is 202 Å². The molecule has 0 aliphatic rings. The zero-order chi connectivity index (χ0) is 25.5. The Kier molecular flexibility index (Phi) is 8.90. The summed E-state index contributed by atoms with van der Waals surface area (Å²) in [5, 5.41) is 21.2. The molecular weight excluding hydrogens is 497 g/mol. The third kappa shape index (κ3) is 7.28. The van der Waals surface area contributed by atoms with E-state index in [4.69, 9.17) is 13.2 Å². The lowest BCUT2D eigenvalue weighted by atomic mass is 10.2. The third-order valence-corrected chi connectivity index (χ3v) is 8.38. The van der Waals surface area contributed by atoms with E-state index in [1.54, 1.807) is 60.7 Å². The summed E-state index contributed by atoms with van der Waals surface area (Å²) in [5.74, 6) is -1.91. The molecule has 0 aliphatic heterocycles. The monoisotopic (exact) mass is 521 g/mol. The van der Waals surface area contributed by atoms with E-state index in [-0.39, 0.29) is 18.9 Å². The first-order valence-corrected chi connectivity index (χ1v) is 13.5. The summed E-state index contributed by atoms with van der Waals surface area (Å²) in [6.45, 7) is 0.800. The molecule has 0 fully saturated rings. The van der Waals surface area contributed by atoms with Gasteiger partial charge in [-0.3, -0.25) is 14.7 Å². The number of nitro groups is 1. The molecule has 0 amide bonds. The van der Waals surface area contributed by atoms with Gasteiger partial charge in [0.1, 0.15) is 0 Å². The zero-order valence-corrected chi connectivity index (χ0v) is 20.4. The van der Waals surface area contributed by atoms with Crippen LogP contribution in [-0.4, -0.2) is 30.4 Å². The van der Waals surface area contributed by atoms with E-state index in [1.165, 1.54) is 6.92 Å². The average molecular weight is 521 g/mol. The van der Waals surface area contributed by atoms with Gasteiger partial charge in [0.15, 0.2) is 0 Å². The van der Waals surface area contributed by atoms with E-state index in [0.717, 1.165) is 24.3 Å². The smallest absolute Gasteiger partial charge is 0.364 e. The molecular formula is C23H24NO9PS. The maximum Gasteiger partial charge on any atom is 0.364 e. The van der Waals surface area contributed by atoms with Crippen molar-refractivity contribution in [2.24, 2.45) is 0 Å². The van der Waals surface area contributed by atoms with Crippen molar-refractivity contribution in [1.29, 1.82) is 0 Å². The van der Waals surface area contributed by atoms with Crippen LogP contribution in [0, 0.1) is 10.1 Å². The molecule has 2 atom stereocenters. The number of nitro benzene ring substituents is 1. The minimum absolute atomic E-state index is 0.197. The second-order valence-electron chi connectivity index (χ2n) is 7.49. The van der Waals surface area contributed by atoms with E-state index < -0.39 is 39.5 Å². The zero-order valence-electron chi connectivity index (χ0n) is 18.7. The summed E-state index contributed by atoms with van der Waals surface area (Å²) in [4.78, 5) is 9.75. The molecule has 3 aromatic carbocycles. The lowest BCUT2D eigenvalue weighted by Gasteiger charge is -2.28. The largest absolute Gasteiger partial charge is 0.390 e. The Morgan fingerprint density at radius 3 is 1.74 bits per heavy atom. The maximum atomic E-state index is 13.9. The molecule has 12 heteroatoms. The molecule has 186 valence electrons. The first-order valence-electron chi connectivity index (χ1n) is 10.4. The molecule has 0 aliphatic carbocycles. The number of benzene rings is 3. The molecule has 0 saturated heterocycles. The standard InChI is InChI=1S/C23H24NO9PS/c1-18(25)23(33-35(29,30)22-14-12-21(13-15-22)24(26)27)34(28,31-16-19-8-4-2-5-9-19)32-17-20-10-6-3-7-11-20/h2-15,18,23,25H,16-17H2,1H3/t18-,23-/m0/s1. The highest BCUT2D eigenvalue weighted by atomic mass is 32.2. The summed E-state index contributed by atoms with van der Waals surface area (Å²) in [6.07, 6.45) is -1.58. The second-order valence-corrected chi connectivity index (χ2v) is 11.2. The van der Waals surface area contributed by atoms with Crippen LogP contribution in [0.1, 0.15) is 18.1 Å². The Morgan fingerprint density at radius 1 is 0.886 bits per heavy atom. The first kappa shape index (κ1) is 26.7. The van der Waals surface area contributed by atoms with Gasteiger partial charge in [0.25, 0.3) is 15.8 Å². The van der Waals surface area contributed by atoms with Crippen LogP contribution in [-0.2, 0) is 41.1 Å². The second kappa shape index (κ2) is 11.7. The SMILES string of the molecule is C[C@H](O)[C@@H](OS(=O)(=O)c1ccc([N+](=O)[O-])cc1)P(=O)(OCc1ccccc1)OCc1ccccc1. The molecule has 35 heavy (non-hydrogen) atoms. The van der Waals surface area contributed by atoms with Crippen molar-refractivity contribution in [3.05, 3.63) is 106 Å². The number of non-ortho nitro benzene ring substituents is 1. The highest BCUT2D eigenvalue weighted by Crippen LogP contribution is 2.56. The predicted molar refractivity (Wildman–Crippen MR) is 127 cm³/mol. The number of aliphatic hydroxyl groups excluding tert-OH is 1. The molecule has 0 unspecified atom stereocenters. The van der Waals surface area contributed by atoms with Crippen LogP contribution in [0.5, 0.6) is 0 Å². The van der Waals surface area contributed by atoms with Crippen LogP contribution in [0.3, 0.4) is 0 Å². The van der Waals surface area contributed by atoms with Gasteiger partial charge >= 0.3 is 7.60 Å². The van der Waals surface area contributed by atoms with Gasteiger partial charge in [0.05, 0.1) is 29.1 Å². The van der Waals surface area contributed by atoms with Crippen molar-refractivity contribution in [2.75, 3.05) is 0 Å². The van der Waals surface area contributed by atoms with Gasteiger partial charge in [-0.25, -0.2) is 4.18 Å². The highest BCUT2D eigenvalue weighted by Gasteiger charge is 2.44. The van der Waals surface area contributed by atoms with Crippen molar-refractivity contribution in [3.63, 3.8) is 0 Å². The van der Waals surface area contributed by atoms with Gasteiger partial charge in [0, 0.05) is 12.1 Å². The summed E-state index contributed by atoms with van der Waals surface area (Å²) >= 11 is 0. The minimum atomic E-state index is -4.61. The molecule has 0 saturated carbocycles. The molecule has 0 heterocycles. The van der Waals surface area contributed by atoms with Gasteiger partial charge < -0.3 is 14.2 Å². The number of nitrogens with zero attached hydrogens (tertiary/aromatic N) is 1. The molecule has 0 spiro atoms. The molecule has 0 aromatic heterocycles. The van der Waals surface area contributed by atoms with Crippen LogP contribution in [0.25, 0.3) is 0 Å². The number of hydrogen-bond acceptors (Lipinski definition) is 9. The van der Waals surface area contributed by atoms with Crippen LogP contribution < -0.4 is 0 Å². The molecule has 3 rings (SSSR count). The van der Waals surface area contributed by atoms with E-state index in [0.29, 0.717) is 11.1 Å². The number of rotatable bonds is 12. The maximum absolute atomic E-state index is 13.9. The van der Waals surface area contributed by atoms with Crippen LogP contribution in [0.2, 0.25) is 0 Å². The van der Waals surface area contributed by atoms with Gasteiger partial charge in [-0.1, -0.05) is 60.7 Å². The van der Waals surface area contributed by atoms with E-state index >= 15 is 0 Å². The summed E-state index contributed by atoms with van der Waals surface area (Å²) in [7, 11) is -9.03. The van der Waals surface area contributed by atoms with Crippen LogP contribution in [0.15, 0.2) is 89.8 Å². The molecule has 0 radical (unpaired) electrons. The fourth-order valence-corrected chi connectivity index (χ4v) is 6.30. The Morgan fingerprint density at radius 2 is 1.34 bits per heavy atom. The van der Waals surface area contributed by atoms with Crippen molar-refractivity contribution >= 4 is 23.4 Å². The normalized spacial score (nSPS) is 13.8. The van der Waals surface area contributed by atoms with Crippen molar-refractivity contribution in [1.82, 2.24) is 0 Å². The quantitative estimate of drug-likeness (QED) is 0.156. The van der Waals surface area contributed by atoms with E-state index in [1.807, 2.05) is 0 Å². The lowest BCUT2D eigenvalue weighted by Crippen LogP contribution is -2.31. The van der Waals surface area contributed by atoms with Crippen molar-refractivity contribution < 1.29 is 36.2 Å². The molecule has 0 bridgehead atoms. The van der Waals surface area contributed by atoms with Gasteiger partial charge in [-0.2, -0.15) is 8.42 Å². The number of aliphatic hydroxyl groups is 1. The number of hydrogen-bond donors (Lipinski definition) is 1. The third-order valence-electron chi connectivity index (χ3n) is 4.79. The van der Waals surface area contributed by atoms with Gasteiger partial charge in [-0.15, -0.1) is 0 Å². The highest BCUT2D eigenvalue weighted by molar-refractivity contribution is 7.87. The Bertz CT molecular complexity index is 1220. The van der Waals surface area contributed by atoms with Crippen molar-refractivity contribution in [2.45, 2.75) is 37.0 Å². The van der Waals surface area contributed by atoms with Crippen molar-refractivity contribution in [3.8, 4) is 0 Å². The van der Waals surface area contributed by atoms with E-state index in [9.17, 15) is 28.2 Å². The van der Waals surface area contributed by atoms with Gasteiger partial charge in [-0.05, 0) is 30.2 Å². The summed E-state index contributed by atoms with van der Waals surface area (Å²) < 4.78 is 56.0. The molecule has 3 aromatic rings. The topological polar surface area (TPSA) is 142 Å². The van der Waals surface area contributed by atoms with E-state index in [2.05, 4.69) is 0 Å². The molecule has 10 nitrogen and oxygen atoms in total. The minimum Gasteiger partial charge on any atom is -0.390 e. The fraction of sp³-hybridized carbons (Fsp3) is 0.217. The lowest BCUT2D eigenvalue weighted by molar-refractivity contribution is -0.384. The summed E-state index contributed by atoms with van der Waals surface area (Å²) in [5.41, 5.74) is 0.955. The predicted octanol–water partition coefficient (Wildman–Crippen LogP) is 4.63. The fourth-order valence-electron chi connectivity index (χ4n) is 2.98. The first-order chi connectivity index (χ1) is 16.6. The Hall–Kier alpha value is -2.92. The summed E-state index contributed by atoms with van der Waals surface area (Å²) in [6, 6.07) is 21.4. The average Bonchev–Trinajstić information content (AvgIpc) is 2.86. The van der Waals surface area contributed by atoms with Gasteiger partial charge in [0.2, 0.25) is 5.85 Å².